The second-order valence-corrected chi connectivity index (χ2v) is 9.95. The van der Waals surface area contributed by atoms with Crippen molar-refractivity contribution in [3.8, 4) is 23.0 Å². The van der Waals surface area contributed by atoms with Gasteiger partial charge in [-0.2, -0.15) is 0 Å². The molecule has 3 aromatic carbocycles. The minimum atomic E-state index is -1.55. The van der Waals surface area contributed by atoms with Gasteiger partial charge in [0, 0.05) is 36.3 Å². The summed E-state index contributed by atoms with van der Waals surface area (Å²) < 4.78 is 49.5. The summed E-state index contributed by atoms with van der Waals surface area (Å²) in [5, 5.41) is 17.8. The molecule has 1 fully saturated rings. The predicted molar refractivity (Wildman–Crippen MR) is 156 cm³/mol. The van der Waals surface area contributed by atoms with Crippen LogP contribution in [0.25, 0.3) is 0 Å². The maximum atomic E-state index is 13.2. The van der Waals surface area contributed by atoms with Gasteiger partial charge in [0.05, 0.1) is 6.61 Å². The van der Waals surface area contributed by atoms with E-state index in [-0.39, 0.29) is 13.6 Å². The second-order valence-electron chi connectivity index (χ2n) is 9.95. The highest BCUT2D eigenvalue weighted by molar-refractivity contribution is 5.87. The van der Waals surface area contributed by atoms with Crippen molar-refractivity contribution in [2.24, 2.45) is 0 Å². The molecule has 3 aliphatic heterocycles. The van der Waals surface area contributed by atoms with Crippen molar-refractivity contribution < 1.29 is 62.1 Å². The molecule has 4 N–H and O–H groups in total. The van der Waals surface area contributed by atoms with E-state index in [0.29, 0.717) is 40.1 Å². The minimum Gasteiger partial charge on any atom is -0.454 e. The second kappa shape index (κ2) is 13.7. The van der Waals surface area contributed by atoms with Gasteiger partial charge in [-0.05, 0) is 36.4 Å². The Labute approximate surface area is 261 Å². The molecule has 46 heavy (non-hydrogen) atoms. The van der Waals surface area contributed by atoms with Crippen LogP contribution in [0.5, 0.6) is 23.0 Å². The van der Waals surface area contributed by atoms with Gasteiger partial charge in [0.25, 0.3) is 0 Å². The summed E-state index contributed by atoms with van der Waals surface area (Å²) in [5.41, 5.74) is 1.01. The highest BCUT2D eigenvalue weighted by atomic mass is 16.7. The molecule has 16 nitrogen and oxygen atoms in total. The van der Waals surface area contributed by atoms with E-state index in [1.165, 1.54) is 19.2 Å². The Bertz CT molecular complexity index is 1570. The van der Waals surface area contributed by atoms with Crippen LogP contribution in [0.3, 0.4) is 0 Å². The van der Waals surface area contributed by atoms with Gasteiger partial charge in [-0.25, -0.2) is 14.4 Å². The molecule has 0 spiro atoms. The van der Waals surface area contributed by atoms with Crippen LogP contribution < -0.4 is 34.9 Å². The average Bonchev–Trinajstić information content (AvgIpc) is 3.72. The summed E-state index contributed by atoms with van der Waals surface area (Å²) in [6.07, 6.45) is -10.1. The van der Waals surface area contributed by atoms with E-state index < -0.39 is 55.6 Å². The van der Waals surface area contributed by atoms with E-state index in [0.717, 1.165) is 0 Å². The number of amides is 3. The molecule has 0 saturated carbocycles. The van der Waals surface area contributed by atoms with Crippen molar-refractivity contribution in [2.75, 3.05) is 43.3 Å². The lowest BCUT2D eigenvalue weighted by Gasteiger charge is -2.43. The Morgan fingerprint density at radius 2 is 1.17 bits per heavy atom. The third-order valence-corrected chi connectivity index (χ3v) is 6.99. The molecule has 16 heteroatoms. The minimum absolute atomic E-state index is 0.0314. The van der Waals surface area contributed by atoms with Crippen molar-refractivity contribution in [2.45, 2.75) is 30.7 Å². The molecular formula is C30H29N3O13. The van der Waals surface area contributed by atoms with Crippen molar-refractivity contribution in [3.05, 3.63) is 66.7 Å². The lowest BCUT2D eigenvalue weighted by atomic mass is 9.98. The number of anilines is 3. The van der Waals surface area contributed by atoms with Crippen LogP contribution in [0.2, 0.25) is 0 Å². The van der Waals surface area contributed by atoms with Gasteiger partial charge in [0.15, 0.2) is 47.6 Å². The average molecular weight is 640 g/mol. The Kier molecular flexibility index (Phi) is 9.09. The van der Waals surface area contributed by atoms with Crippen LogP contribution in [-0.2, 0) is 23.7 Å². The van der Waals surface area contributed by atoms with E-state index in [1.807, 2.05) is 0 Å². The molecule has 0 bridgehead atoms. The fourth-order valence-electron chi connectivity index (χ4n) is 4.90. The first-order chi connectivity index (χ1) is 22.4. The topological polar surface area (TPSA) is 191 Å². The first-order valence-electron chi connectivity index (χ1n) is 14.0. The lowest BCUT2D eigenvalue weighted by molar-refractivity contribution is -0.290. The molecule has 3 heterocycles. The summed E-state index contributed by atoms with van der Waals surface area (Å²) in [7, 11) is 1.26. The zero-order chi connectivity index (χ0) is 32.0. The molecule has 0 aromatic heterocycles. The molecule has 6 rings (SSSR count). The number of carbonyl (C=O) groups excluding carboxylic acids is 3. The molecule has 3 aliphatic rings. The number of nitrogens with one attached hydrogen (secondary N) is 3. The number of ether oxygens (including phenoxy) is 9. The molecule has 3 amide bonds. The molecule has 5 atom stereocenters. The van der Waals surface area contributed by atoms with Crippen LogP contribution >= 0.6 is 0 Å². The first kappa shape index (κ1) is 30.6. The highest BCUT2D eigenvalue weighted by Gasteiger charge is 2.53. The SMILES string of the molecule is CO[C@H]1O[C@H](CO)[C@@H](OC(=O)Nc2ccccc2)[C@H](OC(=O)Nc2ccc3c(c2)OCO3)[C@@H]1OC(=O)Nc1ccc2c(c1)OCO2. The Morgan fingerprint density at radius 3 is 1.72 bits per heavy atom. The number of rotatable bonds is 8. The quantitative estimate of drug-likeness (QED) is 0.262. The lowest BCUT2D eigenvalue weighted by Crippen LogP contribution is -2.63. The van der Waals surface area contributed by atoms with E-state index >= 15 is 0 Å². The maximum Gasteiger partial charge on any atom is 0.412 e. The third-order valence-electron chi connectivity index (χ3n) is 6.99. The van der Waals surface area contributed by atoms with Crippen LogP contribution in [0.15, 0.2) is 66.7 Å². The van der Waals surface area contributed by atoms with Gasteiger partial charge in [-0.3, -0.25) is 16.0 Å². The summed E-state index contributed by atoms with van der Waals surface area (Å²) in [5.74, 6) is 1.82. The number of aliphatic hydroxyl groups is 1. The molecule has 3 aromatic rings. The third kappa shape index (κ3) is 6.93. The van der Waals surface area contributed by atoms with Gasteiger partial charge in [0.2, 0.25) is 13.6 Å². The number of methoxy groups -OCH3 is 1. The van der Waals surface area contributed by atoms with E-state index in [9.17, 15) is 19.5 Å². The number of hydrogen-bond acceptors (Lipinski definition) is 13. The zero-order valence-corrected chi connectivity index (χ0v) is 24.2. The molecule has 0 aliphatic carbocycles. The zero-order valence-electron chi connectivity index (χ0n) is 24.2. The molecule has 0 unspecified atom stereocenters. The maximum absolute atomic E-state index is 13.2. The van der Waals surface area contributed by atoms with Gasteiger partial charge >= 0.3 is 18.3 Å². The number of fused-ring (bicyclic) bond motifs is 2. The molecule has 242 valence electrons. The number of benzene rings is 3. The van der Waals surface area contributed by atoms with Gasteiger partial charge < -0.3 is 47.7 Å². The van der Waals surface area contributed by atoms with Crippen molar-refractivity contribution >= 4 is 35.3 Å². The summed E-state index contributed by atoms with van der Waals surface area (Å²) in [6.45, 7) is -0.608. The Hall–Kier alpha value is -5.45. The number of hydrogen-bond donors (Lipinski definition) is 4. The number of para-hydroxylation sites is 1. The monoisotopic (exact) mass is 639 g/mol. The Balaban J connectivity index is 1.24. The van der Waals surface area contributed by atoms with Crippen LogP contribution in [0.4, 0.5) is 31.4 Å². The van der Waals surface area contributed by atoms with Crippen LogP contribution in [-0.4, -0.2) is 81.4 Å². The van der Waals surface area contributed by atoms with Gasteiger partial charge in [0.1, 0.15) is 6.10 Å². The Morgan fingerprint density at radius 1 is 0.674 bits per heavy atom. The number of carbonyl (C=O) groups is 3. The fourth-order valence-corrected chi connectivity index (χ4v) is 4.90. The first-order valence-corrected chi connectivity index (χ1v) is 14.0. The van der Waals surface area contributed by atoms with E-state index in [2.05, 4.69) is 16.0 Å². The molecule has 1 saturated heterocycles. The standard InChI is InChI=1S/C30H29N3O13/c1-38-27-26(46-30(37)33-18-8-10-20-22(12-18)42-15-40-20)25(45-29(36)32-17-7-9-19-21(11-17)41-14-39-19)24(23(13-34)43-27)44-28(35)31-16-5-3-2-4-6-16/h2-12,23-27,34H,13-15H2,1H3,(H,31,35)(H,32,36)(H,33,37)/t23-,24-,25+,26+,27+/m1/s1. The largest absolute Gasteiger partial charge is 0.454 e. The normalized spacial score (nSPS) is 22.3. The predicted octanol–water partition coefficient (Wildman–Crippen LogP) is 3.66. The fraction of sp³-hybridized carbons (Fsp3) is 0.300. The van der Waals surface area contributed by atoms with E-state index in [4.69, 9.17) is 42.6 Å². The van der Waals surface area contributed by atoms with E-state index in [1.54, 1.807) is 54.6 Å². The molecular weight excluding hydrogens is 610 g/mol. The van der Waals surface area contributed by atoms with Crippen molar-refractivity contribution in [1.82, 2.24) is 0 Å². The van der Waals surface area contributed by atoms with Crippen LogP contribution in [0, 0.1) is 0 Å². The summed E-state index contributed by atoms with van der Waals surface area (Å²) in [4.78, 5) is 39.3. The van der Waals surface area contributed by atoms with Crippen LogP contribution in [0.1, 0.15) is 0 Å². The van der Waals surface area contributed by atoms with Gasteiger partial charge in [-0.15, -0.1) is 0 Å². The van der Waals surface area contributed by atoms with Crippen molar-refractivity contribution in [1.29, 1.82) is 0 Å². The highest BCUT2D eigenvalue weighted by Crippen LogP contribution is 2.36. The summed E-state index contributed by atoms with van der Waals surface area (Å²) in [6, 6.07) is 17.8. The molecule has 0 radical (unpaired) electrons. The smallest absolute Gasteiger partial charge is 0.412 e. The van der Waals surface area contributed by atoms with Crippen molar-refractivity contribution in [3.63, 3.8) is 0 Å². The summed E-state index contributed by atoms with van der Waals surface area (Å²) >= 11 is 0. The number of aliphatic hydroxyl groups excluding tert-OH is 1. The van der Waals surface area contributed by atoms with Gasteiger partial charge in [-0.1, -0.05) is 18.2 Å².